The molecule has 12 nitrogen and oxygen atoms in total. The predicted octanol–water partition coefficient (Wildman–Crippen LogP) is 1.97. The van der Waals surface area contributed by atoms with Crippen LogP contribution in [0.3, 0.4) is 0 Å². The predicted molar refractivity (Wildman–Crippen MR) is 133 cm³/mol. The number of nitrogens with zero attached hydrogens (tertiary/aromatic N) is 2. The van der Waals surface area contributed by atoms with Crippen LogP contribution in [0.25, 0.3) is 11.0 Å². The summed E-state index contributed by atoms with van der Waals surface area (Å²) >= 11 is 0. The molecule has 1 aliphatic rings. The van der Waals surface area contributed by atoms with Gasteiger partial charge < -0.3 is 35.3 Å². The highest BCUT2D eigenvalue weighted by Crippen LogP contribution is 2.31. The monoisotopic (exact) mass is 505 g/mol. The van der Waals surface area contributed by atoms with Crippen molar-refractivity contribution >= 4 is 29.0 Å². The van der Waals surface area contributed by atoms with Gasteiger partial charge in [0.15, 0.2) is 5.65 Å². The number of aromatic nitrogens is 3. The SMILES string of the molecule is CC(C)(C)C(=O)O.CC(C)(C)OC(=O)NCC#Cc1cn(C2CCC(CO)O2)c2nc(N)[nH]c(=O)c12. The van der Waals surface area contributed by atoms with Gasteiger partial charge in [0, 0.05) is 6.20 Å². The molecule has 1 aliphatic heterocycles. The summed E-state index contributed by atoms with van der Waals surface area (Å²) in [6.07, 6.45) is 1.83. The number of nitrogen functional groups attached to an aromatic ring is 1. The molecular formula is C24H35N5O7. The molecule has 3 rings (SSSR count). The van der Waals surface area contributed by atoms with E-state index in [1.807, 2.05) is 0 Å². The van der Waals surface area contributed by atoms with Gasteiger partial charge in [-0.3, -0.25) is 14.6 Å². The number of aliphatic carboxylic acids is 1. The zero-order valence-electron chi connectivity index (χ0n) is 21.5. The van der Waals surface area contributed by atoms with Crippen molar-refractivity contribution < 1.29 is 29.3 Å². The van der Waals surface area contributed by atoms with E-state index in [0.29, 0.717) is 29.4 Å². The Morgan fingerprint density at radius 3 is 2.47 bits per heavy atom. The molecule has 0 aromatic carbocycles. The first-order chi connectivity index (χ1) is 16.6. The topological polar surface area (TPSA) is 182 Å². The lowest BCUT2D eigenvalue weighted by Crippen LogP contribution is -2.32. The van der Waals surface area contributed by atoms with Crippen LogP contribution < -0.4 is 16.6 Å². The molecule has 0 spiro atoms. The number of carboxylic acid groups (broad SMARTS) is 1. The third kappa shape index (κ3) is 8.00. The second-order valence-electron chi connectivity index (χ2n) is 10.3. The van der Waals surface area contributed by atoms with Crippen LogP contribution in [0.15, 0.2) is 11.0 Å². The van der Waals surface area contributed by atoms with Gasteiger partial charge in [-0.25, -0.2) is 4.79 Å². The fraction of sp³-hybridized carbons (Fsp3) is 0.583. The minimum atomic E-state index is -0.757. The maximum atomic E-state index is 12.4. The highest BCUT2D eigenvalue weighted by Gasteiger charge is 2.28. The Morgan fingerprint density at radius 1 is 1.31 bits per heavy atom. The van der Waals surface area contributed by atoms with Crippen molar-refractivity contribution in [2.75, 3.05) is 18.9 Å². The Balaban J connectivity index is 0.000000572. The highest BCUT2D eigenvalue weighted by molar-refractivity contribution is 5.83. The van der Waals surface area contributed by atoms with Crippen molar-refractivity contribution in [1.82, 2.24) is 19.9 Å². The number of H-pyrrole nitrogens is 1. The van der Waals surface area contributed by atoms with Crippen LogP contribution in [0, 0.1) is 17.3 Å². The molecule has 1 amide bonds. The van der Waals surface area contributed by atoms with Crippen LogP contribution in [-0.2, 0) is 14.3 Å². The number of hydrogen-bond acceptors (Lipinski definition) is 8. The van der Waals surface area contributed by atoms with Crippen molar-refractivity contribution in [2.45, 2.75) is 72.3 Å². The first-order valence-electron chi connectivity index (χ1n) is 11.5. The van der Waals surface area contributed by atoms with E-state index in [4.69, 9.17) is 20.3 Å². The molecule has 198 valence electrons. The number of fused-ring (bicyclic) bond motifs is 1. The second-order valence-corrected chi connectivity index (χ2v) is 10.3. The van der Waals surface area contributed by atoms with Gasteiger partial charge in [-0.1, -0.05) is 11.8 Å². The second kappa shape index (κ2) is 11.5. The van der Waals surface area contributed by atoms with Crippen molar-refractivity contribution in [3.05, 3.63) is 22.1 Å². The number of aliphatic hydroxyl groups excluding tert-OH is 1. The number of anilines is 1. The number of rotatable bonds is 3. The quantitative estimate of drug-likeness (QED) is 0.389. The normalized spacial score (nSPS) is 17.5. The average Bonchev–Trinajstić information content (AvgIpc) is 3.34. The Morgan fingerprint density at radius 2 is 1.94 bits per heavy atom. The maximum Gasteiger partial charge on any atom is 0.408 e. The highest BCUT2D eigenvalue weighted by atomic mass is 16.6. The van der Waals surface area contributed by atoms with Crippen LogP contribution >= 0.6 is 0 Å². The fourth-order valence-corrected chi connectivity index (χ4v) is 3.08. The van der Waals surface area contributed by atoms with E-state index in [1.165, 1.54) is 0 Å². The van der Waals surface area contributed by atoms with E-state index in [9.17, 15) is 19.5 Å². The summed E-state index contributed by atoms with van der Waals surface area (Å²) < 4.78 is 12.7. The van der Waals surface area contributed by atoms with Gasteiger partial charge in [-0.15, -0.1) is 0 Å². The van der Waals surface area contributed by atoms with Crippen molar-refractivity contribution in [3.8, 4) is 11.8 Å². The number of hydrogen-bond donors (Lipinski definition) is 5. The number of nitrogens with one attached hydrogen (secondary N) is 2. The summed E-state index contributed by atoms with van der Waals surface area (Å²) in [6.45, 7) is 10.3. The molecule has 2 unspecified atom stereocenters. The lowest BCUT2D eigenvalue weighted by Gasteiger charge is -2.18. The van der Waals surface area contributed by atoms with Gasteiger partial charge in [-0.05, 0) is 54.4 Å². The first kappa shape index (κ1) is 28.7. The number of aliphatic hydroxyl groups is 1. The van der Waals surface area contributed by atoms with E-state index in [0.717, 1.165) is 0 Å². The number of carboxylic acids is 1. The molecule has 3 heterocycles. The van der Waals surface area contributed by atoms with Gasteiger partial charge in [0.05, 0.1) is 35.6 Å². The third-order valence-corrected chi connectivity index (χ3v) is 4.88. The summed E-state index contributed by atoms with van der Waals surface area (Å²) in [5.41, 5.74) is 4.91. The maximum absolute atomic E-state index is 12.4. The Bertz CT molecular complexity index is 1210. The number of carbonyl (C=O) groups is 2. The van der Waals surface area contributed by atoms with Gasteiger partial charge >= 0.3 is 12.1 Å². The zero-order valence-corrected chi connectivity index (χ0v) is 21.5. The molecule has 0 aliphatic carbocycles. The van der Waals surface area contributed by atoms with E-state index in [-0.39, 0.29) is 31.4 Å². The van der Waals surface area contributed by atoms with Gasteiger partial charge in [-0.2, -0.15) is 4.98 Å². The van der Waals surface area contributed by atoms with Crippen LogP contribution in [0.2, 0.25) is 0 Å². The minimum Gasteiger partial charge on any atom is -0.481 e. The molecule has 1 fully saturated rings. The lowest BCUT2D eigenvalue weighted by molar-refractivity contribution is -0.145. The number of carbonyl (C=O) groups excluding carboxylic acids is 1. The lowest BCUT2D eigenvalue weighted by atomic mass is 9.98. The molecule has 2 atom stereocenters. The molecule has 6 N–H and O–H groups in total. The van der Waals surface area contributed by atoms with Crippen LogP contribution in [0.4, 0.5) is 10.7 Å². The number of ether oxygens (including phenoxy) is 2. The number of alkyl carbamates (subject to hydrolysis) is 1. The van der Waals surface area contributed by atoms with E-state index in [2.05, 4.69) is 27.1 Å². The molecule has 0 saturated carbocycles. The van der Waals surface area contributed by atoms with E-state index >= 15 is 0 Å². The largest absolute Gasteiger partial charge is 0.481 e. The molecule has 0 bridgehead atoms. The van der Waals surface area contributed by atoms with Gasteiger partial charge in [0.1, 0.15) is 11.8 Å². The molecule has 2 aromatic heterocycles. The van der Waals surface area contributed by atoms with E-state index in [1.54, 1.807) is 52.3 Å². The van der Waals surface area contributed by atoms with Gasteiger partial charge in [0.2, 0.25) is 5.95 Å². The summed E-state index contributed by atoms with van der Waals surface area (Å²) in [6, 6.07) is 0. The fourth-order valence-electron chi connectivity index (χ4n) is 3.08. The molecule has 12 heteroatoms. The minimum absolute atomic E-state index is 0.00958. The van der Waals surface area contributed by atoms with Crippen LogP contribution in [0.1, 0.15) is 66.2 Å². The zero-order chi connectivity index (χ0) is 27.3. The Hall–Kier alpha value is -3.56. The molecular weight excluding hydrogens is 470 g/mol. The van der Waals surface area contributed by atoms with Crippen molar-refractivity contribution in [1.29, 1.82) is 0 Å². The van der Waals surface area contributed by atoms with Crippen molar-refractivity contribution in [2.24, 2.45) is 5.41 Å². The number of aromatic amines is 1. The van der Waals surface area contributed by atoms with Crippen LogP contribution in [0.5, 0.6) is 0 Å². The molecule has 0 radical (unpaired) electrons. The van der Waals surface area contributed by atoms with Crippen molar-refractivity contribution in [3.63, 3.8) is 0 Å². The number of nitrogens with two attached hydrogens (primary N) is 1. The average molecular weight is 506 g/mol. The van der Waals surface area contributed by atoms with E-state index < -0.39 is 28.6 Å². The third-order valence-electron chi connectivity index (χ3n) is 4.88. The first-order valence-corrected chi connectivity index (χ1v) is 11.5. The molecule has 1 saturated heterocycles. The number of amides is 1. The smallest absolute Gasteiger partial charge is 0.408 e. The van der Waals surface area contributed by atoms with Gasteiger partial charge in [0.25, 0.3) is 5.56 Å². The Kier molecular flexibility index (Phi) is 9.12. The summed E-state index contributed by atoms with van der Waals surface area (Å²) in [5, 5.41) is 20.4. The molecule has 36 heavy (non-hydrogen) atoms. The summed E-state index contributed by atoms with van der Waals surface area (Å²) in [7, 11) is 0. The Labute approximate surface area is 209 Å². The summed E-state index contributed by atoms with van der Waals surface area (Å²) in [5.74, 6) is 4.93. The van der Waals surface area contributed by atoms with Crippen LogP contribution in [-0.4, -0.2) is 61.7 Å². The molecule has 2 aromatic rings. The standard InChI is InChI=1S/C19H25N5O5.C5H10O2/c1-19(2,3)29-18(27)21-8-4-5-11-9-24(13-7-6-12(10-25)28-13)15-14(11)16(26)23-17(20)22-15;1-5(2,3)4(6)7/h9,12-13,25H,6-8,10H2,1-3H3,(H,21,27)(H3,20,22,23,26);1-3H3,(H,6,7). The summed E-state index contributed by atoms with van der Waals surface area (Å²) in [4.78, 5) is 40.9.